The van der Waals surface area contributed by atoms with E-state index in [4.69, 9.17) is 15.2 Å². The summed E-state index contributed by atoms with van der Waals surface area (Å²) in [4.78, 5) is 11.6. The third-order valence-corrected chi connectivity index (χ3v) is 2.65. The summed E-state index contributed by atoms with van der Waals surface area (Å²) in [5.41, 5.74) is 5.17. The minimum atomic E-state index is -0.378. The highest BCUT2D eigenvalue weighted by atomic mass is 16.5. The van der Waals surface area contributed by atoms with Gasteiger partial charge in [0, 0.05) is 12.1 Å². The fraction of sp³-hybridized carbons (Fsp3) is 0.500. The van der Waals surface area contributed by atoms with E-state index >= 15 is 0 Å². The van der Waals surface area contributed by atoms with Crippen LogP contribution in [0.2, 0.25) is 0 Å². The van der Waals surface area contributed by atoms with Gasteiger partial charge in [0.15, 0.2) is 0 Å². The highest BCUT2D eigenvalue weighted by Gasteiger charge is 2.17. The predicted molar refractivity (Wildman–Crippen MR) is 74.4 cm³/mol. The first-order valence-corrected chi connectivity index (χ1v) is 6.25. The van der Waals surface area contributed by atoms with E-state index in [1.807, 2.05) is 26.0 Å². The monoisotopic (exact) mass is 266 g/mol. The van der Waals surface area contributed by atoms with Gasteiger partial charge in [0.25, 0.3) is 0 Å². The van der Waals surface area contributed by atoms with Gasteiger partial charge in [0.2, 0.25) is 5.91 Å². The molecular weight excluding hydrogens is 244 g/mol. The summed E-state index contributed by atoms with van der Waals surface area (Å²) in [6.07, 6.45) is 0.301. The maximum atomic E-state index is 11.6. The highest BCUT2D eigenvalue weighted by molar-refractivity contribution is 5.76. The van der Waals surface area contributed by atoms with Gasteiger partial charge in [-0.05, 0) is 38.1 Å². The summed E-state index contributed by atoms with van der Waals surface area (Å²) in [7, 11) is 1.61. The van der Waals surface area contributed by atoms with Crippen LogP contribution in [-0.2, 0) is 4.79 Å². The predicted octanol–water partition coefficient (Wildman–Crippen LogP) is 1.32. The Labute approximate surface area is 114 Å². The van der Waals surface area contributed by atoms with Crippen molar-refractivity contribution in [2.24, 2.45) is 5.73 Å². The van der Waals surface area contributed by atoms with E-state index < -0.39 is 0 Å². The van der Waals surface area contributed by atoms with E-state index in [1.54, 1.807) is 19.2 Å². The van der Waals surface area contributed by atoms with Crippen LogP contribution < -0.4 is 20.5 Å². The van der Waals surface area contributed by atoms with Crippen molar-refractivity contribution in [1.82, 2.24) is 5.32 Å². The second kappa shape index (κ2) is 6.99. The van der Waals surface area contributed by atoms with Gasteiger partial charge in [-0.25, -0.2) is 0 Å². The lowest BCUT2D eigenvalue weighted by molar-refractivity contribution is -0.123. The molecule has 3 N–H and O–H groups in total. The maximum absolute atomic E-state index is 11.6. The topological polar surface area (TPSA) is 73.6 Å². The molecule has 5 nitrogen and oxygen atoms in total. The molecule has 0 atom stereocenters. The number of ether oxygens (including phenoxy) is 2. The first-order valence-electron chi connectivity index (χ1n) is 6.25. The Morgan fingerprint density at radius 1 is 1.26 bits per heavy atom. The number of methoxy groups -OCH3 is 1. The van der Waals surface area contributed by atoms with Gasteiger partial charge in [0.1, 0.15) is 11.5 Å². The summed E-state index contributed by atoms with van der Waals surface area (Å²) in [6, 6.07) is 7.24. The van der Waals surface area contributed by atoms with E-state index in [1.165, 1.54) is 0 Å². The zero-order chi connectivity index (χ0) is 14.3. The molecule has 1 aromatic rings. The van der Waals surface area contributed by atoms with Gasteiger partial charge in [-0.3, -0.25) is 4.79 Å². The van der Waals surface area contributed by atoms with Crippen LogP contribution in [0, 0.1) is 0 Å². The zero-order valence-electron chi connectivity index (χ0n) is 11.7. The summed E-state index contributed by atoms with van der Waals surface area (Å²) < 4.78 is 10.5. The second-order valence-electron chi connectivity index (χ2n) is 4.91. The molecule has 19 heavy (non-hydrogen) atoms. The van der Waals surface area contributed by atoms with Crippen LogP contribution in [0.5, 0.6) is 11.5 Å². The minimum Gasteiger partial charge on any atom is -0.497 e. The Bertz CT molecular complexity index is 402. The van der Waals surface area contributed by atoms with Gasteiger partial charge >= 0.3 is 0 Å². The van der Waals surface area contributed by atoms with Gasteiger partial charge in [-0.2, -0.15) is 0 Å². The molecule has 0 unspecified atom stereocenters. The normalized spacial score (nSPS) is 10.9. The van der Waals surface area contributed by atoms with Crippen molar-refractivity contribution in [1.29, 1.82) is 0 Å². The Morgan fingerprint density at radius 2 is 1.84 bits per heavy atom. The van der Waals surface area contributed by atoms with Crippen molar-refractivity contribution < 1.29 is 14.3 Å². The SMILES string of the molecule is COc1ccc(OCCC(=O)NC(C)(C)CN)cc1. The second-order valence-corrected chi connectivity index (χ2v) is 4.91. The van der Waals surface area contributed by atoms with Gasteiger partial charge in [0.05, 0.1) is 20.1 Å². The van der Waals surface area contributed by atoms with E-state index in [2.05, 4.69) is 5.32 Å². The van der Waals surface area contributed by atoms with Crippen LogP contribution in [0.15, 0.2) is 24.3 Å². The molecule has 0 radical (unpaired) electrons. The van der Waals surface area contributed by atoms with Crippen molar-refractivity contribution in [2.75, 3.05) is 20.3 Å². The molecule has 0 aliphatic carbocycles. The number of hydrogen-bond acceptors (Lipinski definition) is 4. The number of nitrogens with one attached hydrogen (secondary N) is 1. The summed E-state index contributed by atoms with van der Waals surface area (Å²) in [5, 5.41) is 2.85. The molecule has 0 aliphatic heterocycles. The van der Waals surface area contributed by atoms with Crippen molar-refractivity contribution in [3.8, 4) is 11.5 Å². The molecule has 5 heteroatoms. The largest absolute Gasteiger partial charge is 0.497 e. The molecule has 0 aliphatic rings. The fourth-order valence-corrected chi connectivity index (χ4v) is 1.42. The molecule has 1 amide bonds. The van der Waals surface area contributed by atoms with Crippen LogP contribution in [0.1, 0.15) is 20.3 Å². The molecule has 1 aromatic carbocycles. The molecule has 0 bridgehead atoms. The van der Waals surface area contributed by atoms with Gasteiger partial charge in [-0.15, -0.1) is 0 Å². The van der Waals surface area contributed by atoms with Crippen LogP contribution in [-0.4, -0.2) is 31.7 Å². The van der Waals surface area contributed by atoms with E-state index in [-0.39, 0.29) is 11.4 Å². The van der Waals surface area contributed by atoms with Crippen molar-refractivity contribution in [3.63, 3.8) is 0 Å². The smallest absolute Gasteiger partial charge is 0.223 e. The van der Waals surface area contributed by atoms with Crippen LogP contribution in [0.25, 0.3) is 0 Å². The number of carbonyl (C=O) groups is 1. The van der Waals surface area contributed by atoms with Crippen molar-refractivity contribution >= 4 is 5.91 Å². The third-order valence-electron chi connectivity index (χ3n) is 2.65. The first-order chi connectivity index (χ1) is 8.96. The molecule has 0 spiro atoms. The van der Waals surface area contributed by atoms with Crippen molar-refractivity contribution in [3.05, 3.63) is 24.3 Å². The molecule has 0 saturated carbocycles. The van der Waals surface area contributed by atoms with Gasteiger partial charge in [-0.1, -0.05) is 0 Å². The lowest BCUT2D eigenvalue weighted by atomic mass is 10.1. The molecule has 0 fully saturated rings. The quantitative estimate of drug-likeness (QED) is 0.780. The summed E-state index contributed by atoms with van der Waals surface area (Å²) >= 11 is 0. The lowest BCUT2D eigenvalue weighted by Gasteiger charge is -2.24. The lowest BCUT2D eigenvalue weighted by Crippen LogP contribution is -2.49. The number of benzene rings is 1. The number of carbonyl (C=O) groups excluding carboxylic acids is 1. The molecule has 0 saturated heterocycles. The van der Waals surface area contributed by atoms with E-state index in [0.717, 1.165) is 5.75 Å². The number of amides is 1. The third kappa shape index (κ3) is 5.61. The Kier molecular flexibility index (Phi) is 5.63. The Hall–Kier alpha value is -1.75. The number of rotatable bonds is 7. The van der Waals surface area contributed by atoms with Gasteiger partial charge < -0.3 is 20.5 Å². The fourth-order valence-electron chi connectivity index (χ4n) is 1.42. The number of nitrogens with two attached hydrogens (primary N) is 1. The molecule has 1 rings (SSSR count). The highest BCUT2D eigenvalue weighted by Crippen LogP contribution is 2.17. The first kappa shape index (κ1) is 15.3. The average Bonchev–Trinajstić information content (AvgIpc) is 2.39. The minimum absolute atomic E-state index is 0.0658. The van der Waals surface area contributed by atoms with E-state index in [0.29, 0.717) is 25.3 Å². The summed E-state index contributed by atoms with van der Waals surface area (Å²) in [5.74, 6) is 1.42. The van der Waals surface area contributed by atoms with E-state index in [9.17, 15) is 4.79 Å². The molecule has 0 heterocycles. The van der Waals surface area contributed by atoms with Crippen LogP contribution in [0.4, 0.5) is 0 Å². The standard InChI is InChI=1S/C14H22N2O3/c1-14(2,10-15)16-13(17)8-9-19-12-6-4-11(18-3)5-7-12/h4-7H,8-10,15H2,1-3H3,(H,16,17). The van der Waals surface area contributed by atoms with Crippen LogP contribution >= 0.6 is 0 Å². The number of hydrogen-bond donors (Lipinski definition) is 2. The maximum Gasteiger partial charge on any atom is 0.223 e. The van der Waals surface area contributed by atoms with Crippen molar-refractivity contribution in [2.45, 2.75) is 25.8 Å². The Morgan fingerprint density at radius 3 is 2.37 bits per heavy atom. The Balaban J connectivity index is 2.31. The van der Waals surface area contributed by atoms with Crippen LogP contribution in [0.3, 0.4) is 0 Å². The zero-order valence-corrected chi connectivity index (χ0v) is 11.7. The summed E-state index contributed by atoms with van der Waals surface area (Å²) in [6.45, 7) is 4.50. The molecule has 106 valence electrons. The average molecular weight is 266 g/mol. The molecular formula is C14H22N2O3. The molecule has 0 aromatic heterocycles.